The molecule has 1 unspecified atom stereocenters. The van der Waals surface area contributed by atoms with Crippen LogP contribution in [-0.4, -0.2) is 15.4 Å². The Morgan fingerprint density at radius 3 is 2.42 bits per heavy atom. The van der Waals surface area contributed by atoms with Gasteiger partial charge < -0.3 is 0 Å². The number of carbonyl (C=O) groups is 1. The molecule has 0 aliphatic carbocycles. The lowest BCUT2D eigenvalue weighted by Crippen LogP contribution is -2.27. The van der Waals surface area contributed by atoms with Gasteiger partial charge in [-0.3, -0.25) is 4.79 Å². The summed E-state index contributed by atoms with van der Waals surface area (Å²) in [6.45, 7) is 8.29. The Kier molecular flexibility index (Phi) is 6.63. The van der Waals surface area contributed by atoms with Gasteiger partial charge in [-0.2, -0.15) is 0 Å². The first-order valence-electron chi connectivity index (χ1n) is 7.39. The SMILES string of the molecule is CCCCCCCC(C)(CC)C(=O)c1snnc1C. The van der Waals surface area contributed by atoms with E-state index in [1.807, 2.05) is 6.92 Å². The Labute approximate surface area is 121 Å². The Balaban J connectivity index is 2.59. The number of aromatic nitrogens is 2. The topological polar surface area (TPSA) is 42.9 Å². The van der Waals surface area contributed by atoms with Crippen LogP contribution in [-0.2, 0) is 0 Å². The van der Waals surface area contributed by atoms with Crippen molar-refractivity contribution in [3.05, 3.63) is 10.6 Å². The fourth-order valence-electron chi connectivity index (χ4n) is 2.28. The molecule has 3 nitrogen and oxygen atoms in total. The quantitative estimate of drug-likeness (QED) is 0.482. The molecule has 0 amide bonds. The number of hydrogen-bond acceptors (Lipinski definition) is 4. The van der Waals surface area contributed by atoms with E-state index in [9.17, 15) is 4.79 Å². The fraction of sp³-hybridized carbons (Fsp3) is 0.800. The van der Waals surface area contributed by atoms with Crippen LogP contribution in [0.1, 0.15) is 81.1 Å². The number of hydrogen-bond donors (Lipinski definition) is 0. The summed E-state index contributed by atoms with van der Waals surface area (Å²) in [7, 11) is 0. The van der Waals surface area contributed by atoms with Crippen LogP contribution in [0.3, 0.4) is 0 Å². The minimum Gasteiger partial charge on any atom is -0.293 e. The van der Waals surface area contributed by atoms with Crippen molar-refractivity contribution in [3.8, 4) is 0 Å². The van der Waals surface area contributed by atoms with E-state index in [-0.39, 0.29) is 11.2 Å². The largest absolute Gasteiger partial charge is 0.293 e. The summed E-state index contributed by atoms with van der Waals surface area (Å²) in [4.78, 5) is 13.4. The minimum absolute atomic E-state index is 0.234. The molecule has 0 saturated heterocycles. The zero-order chi connectivity index (χ0) is 14.3. The molecule has 1 rings (SSSR count). The number of Topliss-reactive ketones (excluding diaryl/α,β-unsaturated/α-hetero) is 1. The molecule has 19 heavy (non-hydrogen) atoms. The lowest BCUT2D eigenvalue weighted by Gasteiger charge is -2.26. The first-order valence-corrected chi connectivity index (χ1v) is 8.16. The zero-order valence-corrected chi connectivity index (χ0v) is 13.5. The average Bonchev–Trinajstić information content (AvgIpc) is 2.83. The van der Waals surface area contributed by atoms with Gasteiger partial charge in [0.15, 0.2) is 5.78 Å². The molecule has 1 heterocycles. The Bertz CT molecular complexity index is 403. The van der Waals surface area contributed by atoms with E-state index in [0.29, 0.717) is 0 Å². The third kappa shape index (κ3) is 4.37. The second-order valence-corrected chi connectivity index (χ2v) is 6.35. The van der Waals surface area contributed by atoms with Gasteiger partial charge in [0.1, 0.15) is 4.88 Å². The smallest absolute Gasteiger partial charge is 0.182 e. The van der Waals surface area contributed by atoms with Crippen LogP contribution in [0.2, 0.25) is 0 Å². The van der Waals surface area contributed by atoms with Crippen LogP contribution in [0.25, 0.3) is 0 Å². The zero-order valence-electron chi connectivity index (χ0n) is 12.7. The van der Waals surface area contributed by atoms with Gasteiger partial charge in [0.05, 0.1) is 5.69 Å². The normalized spacial score (nSPS) is 14.3. The fourth-order valence-corrected chi connectivity index (χ4v) is 3.03. The van der Waals surface area contributed by atoms with E-state index < -0.39 is 0 Å². The Hall–Kier alpha value is -0.770. The van der Waals surface area contributed by atoms with Gasteiger partial charge in [-0.25, -0.2) is 0 Å². The van der Waals surface area contributed by atoms with Gasteiger partial charge in [-0.05, 0) is 31.3 Å². The molecule has 0 N–H and O–H groups in total. The summed E-state index contributed by atoms with van der Waals surface area (Å²) in [6.07, 6.45) is 8.08. The predicted octanol–water partition coefficient (Wildman–Crippen LogP) is 4.81. The molecule has 108 valence electrons. The maximum Gasteiger partial charge on any atom is 0.182 e. The van der Waals surface area contributed by atoms with Gasteiger partial charge in [-0.1, -0.05) is 57.4 Å². The Morgan fingerprint density at radius 2 is 1.89 bits per heavy atom. The lowest BCUT2D eigenvalue weighted by molar-refractivity contribution is 0.0794. The third-order valence-electron chi connectivity index (χ3n) is 4.02. The first-order chi connectivity index (χ1) is 9.05. The number of aryl methyl sites for hydroxylation is 1. The summed E-state index contributed by atoms with van der Waals surface area (Å²) in [6, 6.07) is 0. The molecule has 0 spiro atoms. The molecular weight excluding hydrogens is 256 g/mol. The molecule has 1 aromatic heterocycles. The molecule has 0 aromatic carbocycles. The van der Waals surface area contributed by atoms with E-state index in [4.69, 9.17) is 0 Å². The molecule has 0 fully saturated rings. The van der Waals surface area contributed by atoms with E-state index in [1.54, 1.807) is 0 Å². The summed E-state index contributed by atoms with van der Waals surface area (Å²) >= 11 is 1.24. The maximum atomic E-state index is 12.6. The molecule has 0 radical (unpaired) electrons. The van der Waals surface area contributed by atoms with Gasteiger partial charge in [0, 0.05) is 5.41 Å². The minimum atomic E-state index is -0.245. The van der Waals surface area contributed by atoms with Gasteiger partial charge in [0.25, 0.3) is 0 Å². The van der Waals surface area contributed by atoms with Crippen molar-refractivity contribution in [3.63, 3.8) is 0 Å². The second kappa shape index (κ2) is 7.73. The molecular formula is C15H26N2OS. The van der Waals surface area contributed by atoms with Crippen molar-refractivity contribution in [2.45, 2.75) is 72.6 Å². The summed E-state index contributed by atoms with van der Waals surface area (Å²) in [5.74, 6) is 0.234. The predicted molar refractivity (Wildman–Crippen MR) is 80.8 cm³/mol. The maximum absolute atomic E-state index is 12.6. The summed E-state index contributed by atoms with van der Waals surface area (Å²) in [5.41, 5.74) is 0.534. The van der Waals surface area contributed by atoms with Crippen LogP contribution in [0.5, 0.6) is 0 Å². The second-order valence-electron chi connectivity index (χ2n) is 5.60. The standard InChI is InChI=1S/C15H26N2OS/c1-5-7-8-9-10-11-15(4,6-2)14(18)13-12(3)16-17-19-13/h5-11H2,1-4H3. The van der Waals surface area contributed by atoms with Gasteiger partial charge in [-0.15, -0.1) is 5.10 Å². The molecule has 0 aliphatic heterocycles. The number of nitrogens with zero attached hydrogens (tertiary/aromatic N) is 2. The van der Waals surface area contributed by atoms with Crippen LogP contribution in [0, 0.1) is 12.3 Å². The highest BCUT2D eigenvalue weighted by atomic mass is 32.1. The Morgan fingerprint density at radius 1 is 1.21 bits per heavy atom. The van der Waals surface area contributed by atoms with Crippen molar-refractivity contribution in [2.75, 3.05) is 0 Å². The highest BCUT2D eigenvalue weighted by molar-refractivity contribution is 7.08. The third-order valence-corrected chi connectivity index (χ3v) is 4.85. The van der Waals surface area contributed by atoms with E-state index in [0.717, 1.165) is 29.8 Å². The monoisotopic (exact) mass is 282 g/mol. The highest BCUT2D eigenvalue weighted by Crippen LogP contribution is 2.34. The average molecular weight is 282 g/mol. The number of unbranched alkanes of at least 4 members (excludes halogenated alkanes) is 4. The number of rotatable bonds is 9. The van der Waals surface area contributed by atoms with Crippen molar-refractivity contribution < 1.29 is 4.79 Å². The molecule has 4 heteroatoms. The number of ketones is 1. The van der Waals surface area contributed by atoms with Crippen molar-refractivity contribution in [1.29, 1.82) is 0 Å². The van der Waals surface area contributed by atoms with Crippen molar-refractivity contribution >= 4 is 17.3 Å². The molecule has 1 aromatic rings. The molecule has 0 saturated carbocycles. The molecule has 0 bridgehead atoms. The van der Waals surface area contributed by atoms with Crippen molar-refractivity contribution in [1.82, 2.24) is 9.59 Å². The highest BCUT2D eigenvalue weighted by Gasteiger charge is 2.33. The lowest BCUT2D eigenvalue weighted by atomic mass is 9.77. The van der Waals surface area contributed by atoms with E-state index in [1.165, 1.54) is 37.2 Å². The number of carbonyl (C=O) groups excluding carboxylic acids is 1. The van der Waals surface area contributed by atoms with Crippen LogP contribution in [0.15, 0.2) is 0 Å². The molecule has 1 atom stereocenters. The first kappa shape index (κ1) is 16.3. The van der Waals surface area contributed by atoms with Gasteiger partial charge in [0.2, 0.25) is 0 Å². The summed E-state index contributed by atoms with van der Waals surface area (Å²) in [5, 5.41) is 3.95. The van der Waals surface area contributed by atoms with E-state index in [2.05, 4.69) is 30.4 Å². The van der Waals surface area contributed by atoms with Gasteiger partial charge >= 0.3 is 0 Å². The van der Waals surface area contributed by atoms with Crippen LogP contribution < -0.4 is 0 Å². The van der Waals surface area contributed by atoms with Crippen molar-refractivity contribution in [2.24, 2.45) is 5.41 Å². The van der Waals surface area contributed by atoms with Crippen LogP contribution >= 0.6 is 11.5 Å². The van der Waals surface area contributed by atoms with E-state index >= 15 is 0 Å². The molecule has 0 aliphatic rings. The van der Waals surface area contributed by atoms with Crippen LogP contribution in [0.4, 0.5) is 0 Å². The summed E-state index contributed by atoms with van der Waals surface area (Å²) < 4.78 is 3.88.